The lowest BCUT2D eigenvalue weighted by atomic mass is 10.1. The molecule has 3 rings (SSSR count). The Labute approximate surface area is 149 Å². The van der Waals surface area contributed by atoms with E-state index in [1.54, 1.807) is 31.6 Å². The maximum atomic E-state index is 11.1. The number of benzene rings is 2. The van der Waals surface area contributed by atoms with Crippen molar-refractivity contribution in [2.45, 2.75) is 20.5 Å². The predicted molar refractivity (Wildman–Crippen MR) is 98.0 cm³/mol. The van der Waals surface area contributed by atoms with Crippen LogP contribution in [0.4, 0.5) is 0 Å². The van der Waals surface area contributed by atoms with Gasteiger partial charge < -0.3 is 13.9 Å². The van der Waals surface area contributed by atoms with Gasteiger partial charge >= 0.3 is 0 Å². The summed E-state index contributed by atoms with van der Waals surface area (Å²) in [5.74, 6) is 0.983. The molecular weight excluding hydrogens is 372 g/mol. The van der Waals surface area contributed by atoms with Crippen molar-refractivity contribution in [3.8, 4) is 11.5 Å². The third kappa shape index (κ3) is 3.79. The lowest BCUT2D eigenvalue weighted by Crippen LogP contribution is -2.00. The molecule has 0 saturated heterocycles. The van der Waals surface area contributed by atoms with Crippen molar-refractivity contribution < 1.29 is 18.7 Å². The Morgan fingerprint density at radius 1 is 1.21 bits per heavy atom. The first-order valence-electron chi connectivity index (χ1n) is 7.63. The van der Waals surface area contributed by atoms with Crippen LogP contribution in [0.5, 0.6) is 11.5 Å². The molecule has 0 aliphatic heterocycles. The number of halogens is 1. The Bertz CT molecular complexity index is 823. The van der Waals surface area contributed by atoms with Gasteiger partial charge in [-0.1, -0.05) is 19.9 Å². The predicted octanol–water partition coefficient (Wildman–Crippen LogP) is 5.62. The van der Waals surface area contributed by atoms with Gasteiger partial charge in [0.2, 0.25) is 0 Å². The molecule has 0 radical (unpaired) electrons. The average molecular weight is 391 g/mol. The molecule has 4 nitrogen and oxygen atoms in total. The minimum atomic E-state index is 0.320. The van der Waals surface area contributed by atoms with Crippen molar-refractivity contribution in [2.75, 3.05) is 7.11 Å². The SMILES string of the molecule is CC.COc1cccc(C=O)c1OCc1cc(Br)c2occc2c1. The lowest BCUT2D eigenvalue weighted by molar-refractivity contribution is 0.111. The normalized spacial score (nSPS) is 10.0. The Balaban J connectivity index is 0.00000100. The molecule has 0 fully saturated rings. The van der Waals surface area contributed by atoms with Crippen LogP contribution in [0, 0.1) is 0 Å². The number of para-hydroxylation sites is 1. The van der Waals surface area contributed by atoms with Crippen molar-refractivity contribution in [1.29, 1.82) is 0 Å². The second kappa shape index (κ2) is 8.55. The highest BCUT2D eigenvalue weighted by atomic mass is 79.9. The molecular formula is C19H19BrO4. The summed E-state index contributed by atoms with van der Waals surface area (Å²) in [7, 11) is 1.55. The van der Waals surface area contributed by atoms with Crippen molar-refractivity contribution in [3.63, 3.8) is 0 Å². The number of hydrogen-bond donors (Lipinski definition) is 0. The van der Waals surface area contributed by atoms with E-state index < -0.39 is 0 Å². The van der Waals surface area contributed by atoms with E-state index in [9.17, 15) is 4.79 Å². The van der Waals surface area contributed by atoms with E-state index >= 15 is 0 Å². The van der Waals surface area contributed by atoms with Crippen LogP contribution in [-0.2, 0) is 6.61 Å². The maximum absolute atomic E-state index is 11.1. The summed E-state index contributed by atoms with van der Waals surface area (Å²) in [4.78, 5) is 11.1. The highest BCUT2D eigenvalue weighted by molar-refractivity contribution is 9.10. The summed E-state index contributed by atoms with van der Waals surface area (Å²) in [5, 5.41) is 0.989. The molecule has 0 unspecified atom stereocenters. The van der Waals surface area contributed by atoms with Crippen LogP contribution < -0.4 is 9.47 Å². The largest absolute Gasteiger partial charge is 0.493 e. The van der Waals surface area contributed by atoms with Crippen LogP contribution in [0.15, 0.2) is 51.6 Å². The Morgan fingerprint density at radius 2 is 2.00 bits per heavy atom. The van der Waals surface area contributed by atoms with Crippen molar-refractivity contribution in [3.05, 3.63) is 58.3 Å². The number of methoxy groups -OCH3 is 1. The smallest absolute Gasteiger partial charge is 0.172 e. The van der Waals surface area contributed by atoms with E-state index in [4.69, 9.17) is 13.9 Å². The second-order valence-electron chi connectivity index (χ2n) is 4.70. The number of furan rings is 1. The highest BCUT2D eigenvalue weighted by Gasteiger charge is 2.11. The third-order valence-corrected chi connectivity index (χ3v) is 3.89. The summed E-state index contributed by atoms with van der Waals surface area (Å²) in [5.41, 5.74) is 2.22. The number of hydrogen-bond acceptors (Lipinski definition) is 4. The van der Waals surface area contributed by atoms with E-state index in [0.29, 0.717) is 23.7 Å². The molecule has 1 heterocycles. The van der Waals surface area contributed by atoms with Gasteiger partial charge in [-0.25, -0.2) is 0 Å². The lowest BCUT2D eigenvalue weighted by Gasteiger charge is -2.12. The number of rotatable bonds is 5. The molecule has 0 aliphatic rings. The zero-order valence-electron chi connectivity index (χ0n) is 13.8. The number of fused-ring (bicyclic) bond motifs is 1. The first-order valence-corrected chi connectivity index (χ1v) is 8.43. The van der Waals surface area contributed by atoms with Gasteiger partial charge in [0.25, 0.3) is 0 Å². The molecule has 0 aliphatic carbocycles. The van der Waals surface area contributed by atoms with E-state index in [-0.39, 0.29) is 0 Å². The van der Waals surface area contributed by atoms with Gasteiger partial charge in [0.05, 0.1) is 23.4 Å². The maximum Gasteiger partial charge on any atom is 0.172 e. The molecule has 24 heavy (non-hydrogen) atoms. The van der Waals surface area contributed by atoms with E-state index in [1.807, 2.05) is 32.0 Å². The van der Waals surface area contributed by atoms with Crippen LogP contribution >= 0.6 is 15.9 Å². The van der Waals surface area contributed by atoms with Crippen LogP contribution in [0.3, 0.4) is 0 Å². The van der Waals surface area contributed by atoms with Crippen LogP contribution in [0.2, 0.25) is 0 Å². The van der Waals surface area contributed by atoms with E-state index in [2.05, 4.69) is 15.9 Å². The number of carbonyl (C=O) groups is 1. The third-order valence-electron chi connectivity index (χ3n) is 3.31. The first kappa shape index (κ1) is 18.1. The zero-order chi connectivity index (χ0) is 17.5. The fourth-order valence-electron chi connectivity index (χ4n) is 2.28. The van der Waals surface area contributed by atoms with Crippen LogP contribution in [0.25, 0.3) is 11.0 Å². The summed E-state index contributed by atoms with van der Waals surface area (Å²) in [6.45, 7) is 4.32. The molecule has 126 valence electrons. The second-order valence-corrected chi connectivity index (χ2v) is 5.56. The fourth-order valence-corrected chi connectivity index (χ4v) is 2.89. The quantitative estimate of drug-likeness (QED) is 0.530. The van der Waals surface area contributed by atoms with Gasteiger partial charge in [-0.05, 0) is 51.8 Å². The van der Waals surface area contributed by atoms with Crippen LogP contribution in [-0.4, -0.2) is 13.4 Å². The molecule has 0 spiro atoms. The Kier molecular flexibility index (Phi) is 6.44. The summed E-state index contributed by atoms with van der Waals surface area (Å²) < 4.78 is 17.3. The Morgan fingerprint density at radius 3 is 2.71 bits per heavy atom. The fraction of sp³-hybridized carbons (Fsp3) is 0.211. The molecule has 0 N–H and O–H groups in total. The highest BCUT2D eigenvalue weighted by Crippen LogP contribution is 2.32. The number of ether oxygens (including phenoxy) is 2. The topological polar surface area (TPSA) is 48.7 Å². The molecule has 2 aromatic carbocycles. The number of aldehydes is 1. The minimum absolute atomic E-state index is 0.320. The average Bonchev–Trinajstić information content (AvgIpc) is 3.10. The minimum Gasteiger partial charge on any atom is -0.493 e. The summed E-state index contributed by atoms with van der Waals surface area (Å²) in [6.07, 6.45) is 2.40. The molecule has 3 aromatic rings. The van der Waals surface area contributed by atoms with Gasteiger partial charge in [-0.2, -0.15) is 0 Å². The molecule has 0 atom stereocenters. The van der Waals surface area contributed by atoms with Crippen molar-refractivity contribution >= 4 is 33.2 Å². The Hall–Kier alpha value is -2.27. The molecule has 0 bridgehead atoms. The van der Waals surface area contributed by atoms with Gasteiger partial charge in [0, 0.05) is 5.39 Å². The monoisotopic (exact) mass is 390 g/mol. The molecule has 1 aromatic heterocycles. The van der Waals surface area contributed by atoms with Gasteiger partial charge in [0.1, 0.15) is 12.2 Å². The molecule has 5 heteroatoms. The summed E-state index contributed by atoms with van der Waals surface area (Å²) >= 11 is 3.48. The van der Waals surface area contributed by atoms with Gasteiger partial charge in [-0.15, -0.1) is 0 Å². The zero-order valence-corrected chi connectivity index (χ0v) is 15.4. The van der Waals surface area contributed by atoms with Crippen molar-refractivity contribution in [2.24, 2.45) is 0 Å². The standard InChI is InChI=1S/C17H13BrO4.C2H6/c1-20-15-4-2-3-13(9-19)17(15)22-10-11-7-12-5-6-21-16(12)14(18)8-11;1-2/h2-9H,10H2,1H3;1-2H3. The van der Waals surface area contributed by atoms with E-state index in [0.717, 1.165) is 27.3 Å². The van der Waals surface area contributed by atoms with Crippen molar-refractivity contribution in [1.82, 2.24) is 0 Å². The summed E-state index contributed by atoms with van der Waals surface area (Å²) in [6, 6.07) is 11.0. The molecule has 0 saturated carbocycles. The van der Waals surface area contributed by atoms with Crippen LogP contribution in [0.1, 0.15) is 29.8 Å². The first-order chi connectivity index (χ1) is 11.7. The van der Waals surface area contributed by atoms with Gasteiger partial charge in [0.15, 0.2) is 17.8 Å². The molecule has 0 amide bonds. The number of carbonyl (C=O) groups excluding carboxylic acids is 1. The van der Waals surface area contributed by atoms with Gasteiger partial charge in [-0.3, -0.25) is 4.79 Å². The van der Waals surface area contributed by atoms with E-state index in [1.165, 1.54) is 0 Å².